The fourth-order valence-electron chi connectivity index (χ4n) is 1.68. The van der Waals surface area contributed by atoms with Crippen LogP contribution in [0.2, 0.25) is 15.1 Å². The number of hydrogen-bond donors (Lipinski definition) is 1. The summed E-state index contributed by atoms with van der Waals surface area (Å²) in [6, 6.07) is 5.92. The van der Waals surface area contributed by atoms with Crippen molar-refractivity contribution in [3.63, 3.8) is 0 Å². The van der Waals surface area contributed by atoms with Gasteiger partial charge in [0.15, 0.2) is 5.75 Å². The van der Waals surface area contributed by atoms with Crippen molar-refractivity contribution in [1.82, 2.24) is 4.73 Å². The number of aryl methyl sites for hydroxylation is 1. The van der Waals surface area contributed by atoms with Crippen molar-refractivity contribution in [2.24, 2.45) is 0 Å². The minimum absolute atomic E-state index is 0.0610. The van der Waals surface area contributed by atoms with Crippen molar-refractivity contribution >= 4 is 34.8 Å². The smallest absolute Gasteiger partial charge is 0.283 e. The number of nitrogens with zero attached hydrogens (tertiary/aromatic N) is 1. The first-order chi connectivity index (χ1) is 9.38. The van der Waals surface area contributed by atoms with Gasteiger partial charge in [-0.25, -0.2) is 0 Å². The van der Waals surface area contributed by atoms with E-state index in [4.69, 9.17) is 39.5 Å². The highest BCUT2D eigenvalue weighted by Gasteiger charge is 2.11. The van der Waals surface area contributed by atoms with Crippen molar-refractivity contribution in [1.29, 1.82) is 0 Å². The standard InChI is InChI=1S/C13H10Cl3NO3/c1-7-2-9(17(19)12(18)3-7)6-20-13-10(15)4-8(14)5-11(13)16/h2-5,19H,6H2,1H3. The molecular weight excluding hydrogens is 325 g/mol. The Morgan fingerprint density at radius 3 is 2.35 bits per heavy atom. The zero-order valence-corrected chi connectivity index (χ0v) is 12.6. The van der Waals surface area contributed by atoms with E-state index in [2.05, 4.69) is 0 Å². The maximum atomic E-state index is 11.4. The molecule has 1 aromatic heterocycles. The summed E-state index contributed by atoms with van der Waals surface area (Å²) in [6.45, 7) is 1.68. The first-order valence-corrected chi connectivity index (χ1v) is 6.71. The van der Waals surface area contributed by atoms with Crippen molar-refractivity contribution in [3.8, 4) is 5.75 Å². The van der Waals surface area contributed by atoms with Gasteiger partial charge in [-0.3, -0.25) is 4.79 Å². The largest absolute Gasteiger partial charge is 0.484 e. The van der Waals surface area contributed by atoms with E-state index in [-0.39, 0.29) is 28.1 Å². The summed E-state index contributed by atoms with van der Waals surface area (Å²) < 4.78 is 5.98. The van der Waals surface area contributed by atoms with Crippen LogP contribution < -0.4 is 10.3 Å². The highest BCUT2D eigenvalue weighted by Crippen LogP contribution is 2.36. The molecule has 4 nitrogen and oxygen atoms in total. The molecule has 0 saturated carbocycles. The van der Waals surface area contributed by atoms with Crippen LogP contribution in [0.15, 0.2) is 29.1 Å². The third kappa shape index (κ3) is 3.20. The second-order valence-electron chi connectivity index (χ2n) is 4.16. The molecule has 1 heterocycles. The number of halogens is 3. The molecule has 2 aromatic rings. The Morgan fingerprint density at radius 1 is 1.15 bits per heavy atom. The molecule has 0 atom stereocenters. The minimum Gasteiger partial charge on any atom is -0.484 e. The van der Waals surface area contributed by atoms with Gasteiger partial charge in [0.1, 0.15) is 6.61 Å². The van der Waals surface area contributed by atoms with Gasteiger partial charge in [0.05, 0.1) is 15.7 Å². The van der Waals surface area contributed by atoms with Gasteiger partial charge < -0.3 is 9.94 Å². The van der Waals surface area contributed by atoms with Crippen LogP contribution in [0.25, 0.3) is 0 Å². The second-order valence-corrected chi connectivity index (χ2v) is 5.41. The molecule has 2 rings (SSSR count). The Kier molecular flexibility index (Phi) is 4.48. The van der Waals surface area contributed by atoms with Crippen molar-refractivity contribution in [3.05, 3.63) is 60.9 Å². The van der Waals surface area contributed by atoms with Gasteiger partial charge in [-0.1, -0.05) is 34.8 Å². The van der Waals surface area contributed by atoms with E-state index < -0.39 is 5.56 Å². The third-order valence-electron chi connectivity index (χ3n) is 2.55. The average molecular weight is 335 g/mol. The summed E-state index contributed by atoms with van der Waals surface area (Å²) in [7, 11) is 0. The molecule has 1 N–H and O–H groups in total. The highest BCUT2D eigenvalue weighted by atomic mass is 35.5. The highest BCUT2D eigenvalue weighted by molar-refractivity contribution is 6.40. The van der Waals surface area contributed by atoms with E-state index in [9.17, 15) is 10.0 Å². The zero-order chi connectivity index (χ0) is 14.9. The zero-order valence-electron chi connectivity index (χ0n) is 10.4. The maximum absolute atomic E-state index is 11.4. The fraction of sp³-hybridized carbons (Fsp3) is 0.154. The van der Waals surface area contributed by atoms with Crippen LogP contribution in [0.1, 0.15) is 11.3 Å². The van der Waals surface area contributed by atoms with E-state index in [1.807, 2.05) is 0 Å². The van der Waals surface area contributed by atoms with E-state index in [0.717, 1.165) is 0 Å². The predicted molar refractivity (Wildman–Crippen MR) is 78.4 cm³/mol. The number of benzene rings is 1. The third-order valence-corrected chi connectivity index (χ3v) is 3.33. The van der Waals surface area contributed by atoms with E-state index in [1.54, 1.807) is 13.0 Å². The van der Waals surface area contributed by atoms with Gasteiger partial charge in [0.25, 0.3) is 5.56 Å². The molecule has 0 saturated heterocycles. The molecule has 7 heteroatoms. The van der Waals surface area contributed by atoms with Gasteiger partial charge in [-0.05, 0) is 30.7 Å². The molecule has 0 aliphatic carbocycles. The first kappa shape index (κ1) is 15.0. The Morgan fingerprint density at radius 2 is 1.75 bits per heavy atom. The molecular formula is C13H10Cl3NO3. The summed E-state index contributed by atoms with van der Waals surface area (Å²) in [5.74, 6) is 0.242. The molecule has 0 unspecified atom stereocenters. The molecule has 1 aromatic carbocycles. The van der Waals surface area contributed by atoms with E-state index in [0.29, 0.717) is 15.3 Å². The lowest BCUT2D eigenvalue weighted by Gasteiger charge is -2.12. The van der Waals surface area contributed by atoms with Crippen LogP contribution in [0.4, 0.5) is 0 Å². The molecule has 0 spiro atoms. The minimum atomic E-state index is -0.531. The van der Waals surface area contributed by atoms with Gasteiger partial charge in [0, 0.05) is 11.1 Å². The van der Waals surface area contributed by atoms with Crippen molar-refractivity contribution in [2.75, 3.05) is 0 Å². The topological polar surface area (TPSA) is 51.5 Å². The Balaban J connectivity index is 2.28. The summed E-state index contributed by atoms with van der Waals surface area (Å²) >= 11 is 17.8. The van der Waals surface area contributed by atoms with Crippen molar-refractivity contribution < 1.29 is 9.94 Å². The maximum Gasteiger partial charge on any atom is 0.283 e. The Labute approximate surface area is 130 Å². The summed E-state index contributed by atoms with van der Waals surface area (Å²) in [6.07, 6.45) is 0. The molecule has 106 valence electrons. The fourth-order valence-corrected chi connectivity index (χ4v) is 2.60. The van der Waals surface area contributed by atoms with Gasteiger partial charge >= 0.3 is 0 Å². The van der Waals surface area contributed by atoms with Crippen LogP contribution in [0, 0.1) is 6.92 Å². The lowest BCUT2D eigenvalue weighted by molar-refractivity contribution is 0.148. The SMILES string of the molecule is Cc1cc(COc2c(Cl)cc(Cl)cc2Cl)n(O)c(=O)c1. The van der Waals surface area contributed by atoms with Gasteiger partial charge in [-0.15, -0.1) is 4.73 Å². The average Bonchev–Trinajstić information content (AvgIpc) is 2.33. The van der Waals surface area contributed by atoms with Crippen LogP contribution >= 0.6 is 34.8 Å². The normalized spacial score (nSPS) is 10.6. The Hall–Kier alpha value is -1.36. The second kappa shape index (κ2) is 5.95. The number of rotatable bonds is 3. The monoisotopic (exact) mass is 333 g/mol. The number of pyridine rings is 1. The predicted octanol–water partition coefficient (Wildman–Crippen LogP) is 3.93. The lowest BCUT2D eigenvalue weighted by Crippen LogP contribution is -2.22. The number of ether oxygens (including phenoxy) is 1. The summed E-state index contributed by atoms with van der Waals surface area (Å²) in [4.78, 5) is 11.4. The molecule has 0 aliphatic rings. The van der Waals surface area contributed by atoms with Crippen LogP contribution in [-0.4, -0.2) is 9.94 Å². The first-order valence-electron chi connectivity index (χ1n) is 5.57. The quantitative estimate of drug-likeness (QED) is 0.865. The molecule has 0 bridgehead atoms. The molecule has 20 heavy (non-hydrogen) atoms. The van der Waals surface area contributed by atoms with Gasteiger partial charge in [-0.2, -0.15) is 0 Å². The number of aromatic nitrogens is 1. The molecule has 0 fully saturated rings. The van der Waals surface area contributed by atoms with Crippen LogP contribution in [0.5, 0.6) is 5.75 Å². The molecule has 0 radical (unpaired) electrons. The number of hydrogen-bond acceptors (Lipinski definition) is 3. The van der Waals surface area contributed by atoms with Crippen LogP contribution in [0.3, 0.4) is 0 Å². The molecule has 0 amide bonds. The van der Waals surface area contributed by atoms with E-state index >= 15 is 0 Å². The van der Waals surface area contributed by atoms with Crippen molar-refractivity contribution in [2.45, 2.75) is 13.5 Å². The Bertz CT molecular complexity index is 689. The summed E-state index contributed by atoms with van der Waals surface area (Å²) in [5, 5.41) is 10.5. The molecule has 0 aliphatic heterocycles. The lowest BCUT2D eigenvalue weighted by atomic mass is 10.2. The summed E-state index contributed by atoms with van der Waals surface area (Å²) in [5.41, 5.74) is 0.473. The van der Waals surface area contributed by atoms with Crippen LogP contribution in [-0.2, 0) is 6.61 Å². The van der Waals surface area contributed by atoms with Gasteiger partial charge in [0.2, 0.25) is 0 Å². The van der Waals surface area contributed by atoms with E-state index in [1.165, 1.54) is 18.2 Å².